The van der Waals surface area contributed by atoms with Gasteiger partial charge in [0.25, 0.3) is 0 Å². The third-order valence-corrected chi connectivity index (χ3v) is 5.27. The number of piperazine rings is 1. The number of hydrogen-bond acceptors (Lipinski definition) is 6. The van der Waals surface area contributed by atoms with Crippen LogP contribution in [0.1, 0.15) is 11.4 Å². The Morgan fingerprint density at radius 3 is 2.41 bits per heavy atom. The first-order chi connectivity index (χ1) is 14.1. The van der Waals surface area contributed by atoms with E-state index in [0.717, 1.165) is 66.5 Å². The highest BCUT2D eigenvalue weighted by atomic mass is 35.5. The van der Waals surface area contributed by atoms with Gasteiger partial charge in [-0.15, -0.1) is 0 Å². The van der Waals surface area contributed by atoms with Crippen LogP contribution in [0.3, 0.4) is 0 Å². The van der Waals surface area contributed by atoms with E-state index in [2.05, 4.69) is 19.9 Å². The molecular weight excluding hydrogens is 388 g/mol. The van der Waals surface area contributed by atoms with E-state index in [1.165, 1.54) is 0 Å². The van der Waals surface area contributed by atoms with Crippen molar-refractivity contribution >= 4 is 17.4 Å². The average Bonchev–Trinajstić information content (AvgIpc) is 3.08. The number of halogens is 1. The molecule has 8 heteroatoms. The molecule has 0 aliphatic carbocycles. The van der Waals surface area contributed by atoms with Gasteiger partial charge in [0.15, 0.2) is 5.82 Å². The number of benzene rings is 1. The van der Waals surface area contributed by atoms with Crippen LogP contribution in [0.4, 0.5) is 5.82 Å². The van der Waals surface area contributed by atoms with E-state index < -0.39 is 0 Å². The highest BCUT2D eigenvalue weighted by Gasteiger charge is 2.19. The van der Waals surface area contributed by atoms with Gasteiger partial charge in [-0.3, -0.25) is 9.88 Å². The Labute approximate surface area is 175 Å². The van der Waals surface area contributed by atoms with Crippen molar-refractivity contribution in [1.82, 2.24) is 24.6 Å². The summed E-state index contributed by atoms with van der Waals surface area (Å²) >= 11 is 5.90. The average molecular weight is 413 g/mol. The van der Waals surface area contributed by atoms with E-state index in [-0.39, 0.29) is 0 Å². The molecule has 4 rings (SSSR count). The second-order valence-electron chi connectivity index (χ2n) is 7.21. The van der Waals surface area contributed by atoms with E-state index >= 15 is 0 Å². The molecule has 0 N–H and O–H groups in total. The largest absolute Gasteiger partial charge is 0.492 e. The van der Waals surface area contributed by atoms with Gasteiger partial charge in [0.05, 0.1) is 18.1 Å². The van der Waals surface area contributed by atoms with Crippen molar-refractivity contribution in [3.63, 3.8) is 0 Å². The second kappa shape index (κ2) is 8.80. The van der Waals surface area contributed by atoms with Gasteiger partial charge in [-0.05, 0) is 44.2 Å². The standard InChI is InChI=1S/C21H25ClN6O/c1-16-13-17(2)28(25-16)21-15-23-14-20(24-21)27-9-7-26(8-10-27)11-12-29-19-5-3-18(22)4-6-19/h3-6,13-15H,7-12H2,1-2H3. The Hall–Kier alpha value is -2.64. The molecule has 0 saturated carbocycles. The Kier molecular flexibility index (Phi) is 5.97. The number of aromatic nitrogens is 4. The highest BCUT2D eigenvalue weighted by Crippen LogP contribution is 2.17. The molecule has 0 bridgehead atoms. The number of rotatable bonds is 6. The maximum atomic E-state index is 5.90. The van der Waals surface area contributed by atoms with E-state index in [0.29, 0.717) is 6.61 Å². The Morgan fingerprint density at radius 1 is 1.00 bits per heavy atom. The highest BCUT2D eigenvalue weighted by molar-refractivity contribution is 6.30. The van der Waals surface area contributed by atoms with E-state index in [4.69, 9.17) is 21.3 Å². The molecule has 1 aliphatic heterocycles. The van der Waals surface area contributed by atoms with Crippen LogP contribution in [-0.2, 0) is 0 Å². The molecule has 1 aromatic carbocycles. The van der Waals surface area contributed by atoms with Crippen molar-refractivity contribution in [2.75, 3.05) is 44.2 Å². The van der Waals surface area contributed by atoms with Crippen LogP contribution in [0, 0.1) is 13.8 Å². The number of nitrogens with zero attached hydrogens (tertiary/aromatic N) is 6. The smallest absolute Gasteiger partial charge is 0.174 e. The summed E-state index contributed by atoms with van der Waals surface area (Å²) in [5.41, 5.74) is 2.03. The Bertz CT molecular complexity index is 950. The summed E-state index contributed by atoms with van der Waals surface area (Å²) in [7, 11) is 0. The first kappa shape index (κ1) is 19.7. The minimum Gasteiger partial charge on any atom is -0.492 e. The van der Waals surface area contributed by atoms with Crippen molar-refractivity contribution in [2.45, 2.75) is 13.8 Å². The summed E-state index contributed by atoms with van der Waals surface area (Å²) in [5, 5.41) is 5.23. The summed E-state index contributed by atoms with van der Waals surface area (Å²) in [6.07, 6.45) is 3.59. The first-order valence-corrected chi connectivity index (χ1v) is 10.2. The summed E-state index contributed by atoms with van der Waals surface area (Å²) in [4.78, 5) is 13.9. The zero-order chi connectivity index (χ0) is 20.2. The lowest BCUT2D eigenvalue weighted by atomic mass is 10.3. The minimum absolute atomic E-state index is 0.662. The third-order valence-electron chi connectivity index (χ3n) is 5.02. The topological polar surface area (TPSA) is 59.3 Å². The van der Waals surface area contributed by atoms with E-state index in [1.54, 1.807) is 6.20 Å². The number of aryl methyl sites for hydroxylation is 2. The number of hydrogen-bond donors (Lipinski definition) is 0. The van der Waals surface area contributed by atoms with Gasteiger partial charge >= 0.3 is 0 Å². The van der Waals surface area contributed by atoms with Gasteiger partial charge in [0, 0.05) is 43.4 Å². The van der Waals surface area contributed by atoms with Gasteiger partial charge in [0.1, 0.15) is 18.2 Å². The predicted octanol–water partition coefficient (Wildman–Crippen LogP) is 3.13. The van der Waals surface area contributed by atoms with Gasteiger partial charge in [-0.25, -0.2) is 9.67 Å². The zero-order valence-corrected chi connectivity index (χ0v) is 17.5. The fourth-order valence-electron chi connectivity index (χ4n) is 3.48. The maximum Gasteiger partial charge on any atom is 0.174 e. The molecular formula is C21H25ClN6O. The van der Waals surface area contributed by atoms with Crippen molar-refractivity contribution in [3.8, 4) is 11.6 Å². The molecule has 0 radical (unpaired) electrons. The zero-order valence-electron chi connectivity index (χ0n) is 16.8. The van der Waals surface area contributed by atoms with Crippen LogP contribution in [0.15, 0.2) is 42.7 Å². The second-order valence-corrected chi connectivity index (χ2v) is 7.64. The third kappa shape index (κ3) is 4.86. The van der Waals surface area contributed by atoms with E-state index in [1.807, 2.05) is 55.1 Å². The van der Waals surface area contributed by atoms with Crippen molar-refractivity contribution in [3.05, 3.63) is 59.1 Å². The molecule has 1 aliphatic rings. The molecule has 29 heavy (non-hydrogen) atoms. The van der Waals surface area contributed by atoms with Crippen molar-refractivity contribution in [2.24, 2.45) is 0 Å². The lowest BCUT2D eigenvalue weighted by Crippen LogP contribution is -2.47. The molecule has 152 valence electrons. The van der Waals surface area contributed by atoms with Crippen LogP contribution in [0.5, 0.6) is 5.75 Å². The Morgan fingerprint density at radius 2 is 1.72 bits per heavy atom. The van der Waals surface area contributed by atoms with Gasteiger partial charge in [-0.1, -0.05) is 11.6 Å². The first-order valence-electron chi connectivity index (χ1n) is 9.80. The van der Waals surface area contributed by atoms with Gasteiger partial charge in [-0.2, -0.15) is 5.10 Å². The molecule has 2 aromatic heterocycles. The van der Waals surface area contributed by atoms with Crippen LogP contribution < -0.4 is 9.64 Å². The molecule has 0 unspecified atom stereocenters. The summed E-state index contributed by atoms with van der Waals surface area (Å²) in [6, 6.07) is 9.52. The van der Waals surface area contributed by atoms with Gasteiger partial charge in [0.2, 0.25) is 0 Å². The van der Waals surface area contributed by atoms with Crippen molar-refractivity contribution in [1.29, 1.82) is 0 Å². The maximum absolute atomic E-state index is 5.90. The summed E-state index contributed by atoms with van der Waals surface area (Å²) < 4.78 is 7.65. The molecule has 1 fully saturated rings. The van der Waals surface area contributed by atoms with Crippen LogP contribution in [0.2, 0.25) is 5.02 Å². The Balaban J connectivity index is 1.30. The molecule has 3 aromatic rings. The van der Waals surface area contributed by atoms with E-state index in [9.17, 15) is 0 Å². The minimum atomic E-state index is 0.662. The summed E-state index contributed by atoms with van der Waals surface area (Å²) in [5.74, 6) is 2.50. The fourth-order valence-corrected chi connectivity index (χ4v) is 3.61. The van der Waals surface area contributed by atoms with Crippen molar-refractivity contribution < 1.29 is 4.74 Å². The van der Waals surface area contributed by atoms with Crippen LogP contribution >= 0.6 is 11.6 Å². The summed E-state index contributed by atoms with van der Waals surface area (Å²) in [6.45, 7) is 9.33. The van der Waals surface area contributed by atoms with Crippen LogP contribution in [-0.4, -0.2) is 64.0 Å². The number of anilines is 1. The molecule has 0 spiro atoms. The monoisotopic (exact) mass is 412 g/mol. The van der Waals surface area contributed by atoms with Gasteiger partial charge < -0.3 is 9.64 Å². The molecule has 0 amide bonds. The predicted molar refractivity (Wildman–Crippen MR) is 114 cm³/mol. The lowest BCUT2D eigenvalue weighted by Gasteiger charge is -2.35. The molecule has 7 nitrogen and oxygen atoms in total. The molecule has 3 heterocycles. The SMILES string of the molecule is Cc1cc(C)n(-c2cncc(N3CCN(CCOc4ccc(Cl)cc4)CC3)n2)n1. The normalized spacial score (nSPS) is 14.9. The van der Waals surface area contributed by atoms with Crippen LogP contribution in [0.25, 0.3) is 5.82 Å². The lowest BCUT2D eigenvalue weighted by molar-refractivity contribution is 0.200. The number of ether oxygens (including phenoxy) is 1. The molecule has 1 saturated heterocycles. The quantitative estimate of drug-likeness (QED) is 0.620. The molecule has 0 atom stereocenters. The fraction of sp³-hybridized carbons (Fsp3) is 0.381.